The van der Waals surface area contributed by atoms with E-state index in [-0.39, 0.29) is 0 Å². The minimum Gasteiger partial charge on any atom is -0.207 e. The van der Waals surface area contributed by atoms with Gasteiger partial charge in [0.05, 0.1) is 7.72 Å². The molecule has 0 aliphatic carbocycles. The van der Waals surface area contributed by atoms with Crippen molar-refractivity contribution in [3.05, 3.63) is 0 Å². The standard InChI is InChI=1S/C2H3NS3/c1-2-4-6(2,3)5-2/h1H3. The fraction of sp³-hybridized carbons (Fsp3) is 1.00. The fourth-order valence-corrected chi connectivity index (χ4v) is 8.99. The van der Waals surface area contributed by atoms with Crippen molar-refractivity contribution in [1.29, 1.82) is 4.61 Å². The molecule has 1 nitrogen and oxygen atoms in total. The molecule has 0 N–H and O–H groups in total. The summed E-state index contributed by atoms with van der Waals surface area (Å²) in [6.45, 7) is 2.09. The molecule has 2 aliphatic heterocycles. The predicted octanol–water partition coefficient (Wildman–Crippen LogP) is 2.27. The van der Waals surface area contributed by atoms with Crippen molar-refractivity contribution in [1.82, 2.24) is 0 Å². The second-order valence-electron chi connectivity index (χ2n) is 1.50. The van der Waals surface area contributed by atoms with Gasteiger partial charge in [-0.25, -0.2) is 4.61 Å². The van der Waals surface area contributed by atoms with Crippen LogP contribution in [0, 0.1) is 4.61 Å². The lowest BCUT2D eigenvalue weighted by Crippen LogP contribution is -1.65. The molecule has 2 aliphatic rings. The molecule has 2 saturated heterocycles. The summed E-state index contributed by atoms with van der Waals surface area (Å²) in [5, 5.41) is 0. The maximum atomic E-state index is 8.97. The Labute approximate surface area is 44.6 Å². The lowest BCUT2D eigenvalue weighted by Gasteiger charge is -1.72. The normalized spacial score (nSPS) is 72.7. The smallest absolute Gasteiger partial charge is 0.160 e. The van der Waals surface area contributed by atoms with E-state index < -0.39 is 7.72 Å². The van der Waals surface area contributed by atoms with Crippen LogP contribution in [0.1, 0.15) is 6.92 Å². The lowest BCUT2D eigenvalue weighted by molar-refractivity contribution is 1.40. The second-order valence-corrected chi connectivity index (χ2v) is 10.5. The molecule has 0 amide bonds. The van der Waals surface area contributed by atoms with Crippen LogP contribution < -0.4 is 0 Å². The Morgan fingerprint density at radius 2 is 1.83 bits per heavy atom. The quantitative estimate of drug-likeness (QED) is 0.378. The molecular formula is C2H3NS3. The maximum Gasteiger partial charge on any atom is 0.160 e. The zero-order valence-corrected chi connectivity index (χ0v) is 5.62. The molecule has 2 heterocycles. The molecule has 0 atom stereocenters. The van der Waals surface area contributed by atoms with E-state index in [0.717, 1.165) is 0 Å². The van der Waals surface area contributed by atoms with Gasteiger partial charge >= 0.3 is 0 Å². The van der Waals surface area contributed by atoms with Gasteiger partial charge in [0.1, 0.15) is 0 Å². The second kappa shape index (κ2) is 0.599. The minimum absolute atomic E-state index is 0.326. The van der Waals surface area contributed by atoms with Gasteiger partial charge < -0.3 is 0 Å². The molecule has 0 aromatic heterocycles. The summed E-state index contributed by atoms with van der Waals surface area (Å²) in [5.41, 5.74) is 0. The van der Waals surface area contributed by atoms with Crippen LogP contribution in [0.3, 0.4) is 0 Å². The summed E-state index contributed by atoms with van der Waals surface area (Å²) >= 11 is 0. The number of fused-ring (bicyclic) bond motifs is 1. The molecule has 0 bridgehead atoms. The van der Waals surface area contributed by atoms with Crippen molar-refractivity contribution in [2.75, 3.05) is 0 Å². The van der Waals surface area contributed by atoms with Crippen molar-refractivity contribution >= 4 is 29.3 Å². The van der Waals surface area contributed by atoms with Gasteiger partial charge in [-0.3, -0.25) is 0 Å². The monoisotopic (exact) mass is 137 g/mol. The molecule has 0 aromatic rings. The Balaban J connectivity index is 2.65. The Morgan fingerprint density at radius 1 is 1.67 bits per heavy atom. The van der Waals surface area contributed by atoms with Crippen molar-refractivity contribution in [2.45, 2.75) is 10.3 Å². The number of hydrogen-bond acceptors (Lipinski definition) is 3. The van der Waals surface area contributed by atoms with Crippen LogP contribution in [-0.2, 0) is 0 Å². The first kappa shape index (κ1) is 3.72. The highest BCUT2D eigenvalue weighted by Gasteiger charge is 2.78. The molecule has 0 aromatic carbocycles. The molecule has 2 fully saturated rings. The van der Waals surface area contributed by atoms with E-state index in [2.05, 4.69) is 6.92 Å². The Hall–Kier alpha value is 0.760. The van der Waals surface area contributed by atoms with E-state index in [1.807, 2.05) is 0 Å². The van der Waals surface area contributed by atoms with Gasteiger partial charge in [-0.2, -0.15) is 0 Å². The molecule has 0 radical (unpaired) electrons. The SMILES string of the molecule is CC12SS1(#N)S2. The van der Waals surface area contributed by atoms with Gasteiger partial charge in [0.15, 0.2) is 3.41 Å². The Kier molecular flexibility index (Phi) is 0.372. The summed E-state index contributed by atoms with van der Waals surface area (Å²) < 4.78 is 9.30. The molecule has 0 saturated carbocycles. The third-order valence-corrected chi connectivity index (χ3v) is 11.6. The summed E-state index contributed by atoms with van der Waals surface area (Å²) in [6, 6.07) is 0. The zero-order valence-electron chi connectivity index (χ0n) is 3.17. The van der Waals surface area contributed by atoms with Crippen molar-refractivity contribution in [2.24, 2.45) is 0 Å². The number of nitrogens with zero attached hydrogens (tertiary/aromatic N) is 1. The van der Waals surface area contributed by atoms with Crippen LogP contribution in [0.5, 0.6) is 0 Å². The van der Waals surface area contributed by atoms with Crippen molar-refractivity contribution in [3.63, 3.8) is 0 Å². The van der Waals surface area contributed by atoms with Gasteiger partial charge in [-0.05, 0) is 28.5 Å². The third kappa shape index (κ3) is 0.213. The summed E-state index contributed by atoms with van der Waals surface area (Å²) in [4.78, 5) is 0. The highest BCUT2D eigenvalue weighted by atomic mass is 33.6. The highest BCUT2D eigenvalue weighted by molar-refractivity contribution is 9.47. The third-order valence-electron chi connectivity index (χ3n) is 0.944. The van der Waals surface area contributed by atoms with Gasteiger partial charge in [0.2, 0.25) is 0 Å². The van der Waals surface area contributed by atoms with E-state index in [1.165, 1.54) is 0 Å². The molecule has 4 heteroatoms. The maximum absolute atomic E-state index is 8.97. The van der Waals surface area contributed by atoms with E-state index in [9.17, 15) is 0 Å². The molecule has 0 spiro atoms. The van der Waals surface area contributed by atoms with Gasteiger partial charge in [0.25, 0.3) is 0 Å². The first-order chi connectivity index (χ1) is 2.66. The van der Waals surface area contributed by atoms with Crippen molar-refractivity contribution < 1.29 is 0 Å². The first-order valence-corrected chi connectivity index (χ1v) is 5.88. The van der Waals surface area contributed by atoms with Crippen LogP contribution in [0.4, 0.5) is 0 Å². The largest absolute Gasteiger partial charge is 0.207 e. The predicted molar refractivity (Wildman–Crippen MR) is 32.9 cm³/mol. The molecular weight excluding hydrogens is 134 g/mol. The number of rotatable bonds is 0. The van der Waals surface area contributed by atoms with Gasteiger partial charge in [-0.1, -0.05) is 0 Å². The average molecular weight is 137 g/mol. The number of hydrogen-bond donors (Lipinski definition) is 0. The first-order valence-electron chi connectivity index (χ1n) is 1.63. The van der Waals surface area contributed by atoms with E-state index >= 15 is 0 Å². The summed E-state index contributed by atoms with van der Waals surface area (Å²) in [5.74, 6) is 0. The topological polar surface area (TPSA) is 23.8 Å². The van der Waals surface area contributed by atoms with Crippen LogP contribution in [0.25, 0.3) is 0 Å². The Bertz CT molecular complexity index is 184. The van der Waals surface area contributed by atoms with Crippen LogP contribution in [-0.4, -0.2) is 3.41 Å². The molecule has 34 valence electrons. The molecule has 2 rings (SSSR count). The van der Waals surface area contributed by atoms with Crippen molar-refractivity contribution in [3.8, 4) is 0 Å². The summed E-state index contributed by atoms with van der Waals surface area (Å²) in [6.07, 6.45) is 0. The fourth-order valence-electron chi connectivity index (χ4n) is 0.383. The molecule has 6 heavy (non-hydrogen) atoms. The molecule has 0 unspecified atom stereocenters. The minimum atomic E-state index is -1.02. The average Bonchev–Trinajstić information content (AvgIpc) is 1.78. The summed E-state index contributed by atoms with van der Waals surface area (Å²) in [7, 11) is 2.44. The zero-order chi connectivity index (χ0) is 4.41. The van der Waals surface area contributed by atoms with Gasteiger partial charge in [-0.15, -0.1) is 0 Å². The van der Waals surface area contributed by atoms with Crippen LogP contribution in [0.15, 0.2) is 0 Å². The van der Waals surface area contributed by atoms with E-state index in [4.69, 9.17) is 4.61 Å². The Morgan fingerprint density at radius 3 is 1.83 bits per heavy atom. The van der Waals surface area contributed by atoms with Crippen LogP contribution >= 0.6 is 29.3 Å². The van der Waals surface area contributed by atoms with E-state index in [1.54, 1.807) is 21.6 Å². The van der Waals surface area contributed by atoms with Crippen LogP contribution in [0.2, 0.25) is 0 Å². The highest BCUT2D eigenvalue weighted by Crippen LogP contribution is 3.10. The lowest BCUT2D eigenvalue weighted by atomic mass is 10.9. The van der Waals surface area contributed by atoms with E-state index in [0.29, 0.717) is 3.41 Å². The van der Waals surface area contributed by atoms with Gasteiger partial charge in [0, 0.05) is 0 Å².